The molecule has 1 N–H and O–H groups in total. The van der Waals surface area contributed by atoms with E-state index in [2.05, 4.69) is 5.32 Å². The van der Waals surface area contributed by atoms with E-state index in [1.54, 1.807) is 4.90 Å². The number of amides is 2. The summed E-state index contributed by atoms with van der Waals surface area (Å²) in [5.41, 5.74) is 2.71. The van der Waals surface area contributed by atoms with Crippen molar-refractivity contribution in [2.45, 2.75) is 31.2 Å². The number of carbonyl (C=O) groups excluding carboxylic acids is 3. The molecule has 0 aliphatic carbocycles. The van der Waals surface area contributed by atoms with Gasteiger partial charge in [0.05, 0.1) is 5.92 Å². The van der Waals surface area contributed by atoms with Gasteiger partial charge in [-0.1, -0.05) is 91.0 Å². The molecule has 1 aliphatic rings. The molecule has 5 heteroatoms. The number of rotatable bonds is 7. The second kappa shape index (κ2) is 10.7. The normalized spacial score (nSPS) is 14.7. The number of nitrogens with one attached hydrogen (secondary N) is 1. The minimum atomic E-state index is -0.706. The van der Waals surface area contributed by atoms with Gasteiger partial charge in [0, 0.05) is 32.4 Å². The van der Waals surface area contributed by atoms with Crippen molar-refractivity contribution in [3.63, 3.8) is 0 Å². The topological polar surface area (TPSA) is 66.5 Å². The number of nitrogens with zero attached hydrogens (tertiary/aromatic N) is 1. The minimum absolute atomic E-state index is 0.139. The fourth-order valence-electron chi connectivity index (χ4n) is 4.29. The Morgan fingerprint density at radius 3 is 1.76 bits per heavy atom. The lowest BCUT2D eigenvalue weighted by Crippen LogP contribution is -2.52. The highest BCUT2D eigenvalue weighted by atomic mass is 16.2. The van der Waals surface area contributed by atoms with E-state index in [1.165, 1.54) is 0 Å². The summed E-state index contributed by atoms with van der Waals surface area (Å²) in [6.45, 7) is 0.805. The van der Waals surface area contributed by atoms with Crippen molar-refractivity contribution in [2.75, 3.05) is 13.1 Å². The quantitative estimate of drug-likeness (QED) is 0.609. The Balaban J connectivity index is 1.61. The van der Waals surface area contributed by atoms with Gasteiger partial charge in [-0.3, -0.25) is 14.4 Å². The van der Waals surface area contributed by atoms with Crippen LogP contribution in [-0.2, 0) is 20.8 Å². The molecule has 0 aromatic heterocycles. The fraction of sp³-hybridized carbons (Fsp3) is 0.250. The Bertz CT molecular complexity index is 1030. The SMILES string of the molecule is O=C1CCN(C(=O)[C@@H](Cc2ccccc2)NC(=O)C(c2ccccc2)c2ccccc2)CC1. The van der Waals surface area contributed by atoms with Gasteiger partial charge in [-0.25, -0.2) is 0 Å². The Labute approximate surface area is 194 Å². The van der Waals surface area contributed by atoms with Crippen molar-refractivity contribution < 1.29 is 14.4 Å². The fourth-order valence-corrected chi connectivity index (χ4v) is 4.29. The third-order valence-corrected chi connectivity index (χ3v) is 6.06. The number of ketones is 1. The first-order valence-electron chi connectivity index (χ1n) is 11.4. The molecule has 168 valence electrons. The molecule has 1 atom stereocenters. The lowest BCUT2D eigenvalue weighted by atomic mass is 9.90. The molecule has 0 saturated carbocycles. The first-order valence-corrected chi connectivity index (χ1v) is 11.4. The molecule has 3 aromatic carbocycles. The standard InChI is InChI=1S/C28H28N2O3/c31-24-16-18-30(19-17-24)28(33)25(20-21-10-4-1-5-11-21)29-27(32)26(22-12-6-2-7-13-22)23-14-8-3-9-15-23/h1-15,25-26H,16-20H2,(H,29,32)/t25-/m1/s1. The molecule has 5 nitrogen and oxygen atoms in total. The summed E-state index contributed by atoms with van der Waals surface area (Å²) >= 11 is 0. The summed E-state index contributed by atoms with van der Waals surface area (Å²) in [5, 5.41) is 3.06. The summed E-state index contributed by atoms with van der Waals surface area (Å²) in [6.07, 6.45) is 1.13. The first kappa shape index (κ1) is 22.5. The molecule has 1 aliphatic heterocycles. The lowest BCUT2D eigenvalue weighted by Gasteiger charge is -2.31. The highest BCUT2D eigenvalue weighted by molar-refractivity contribution is 5.93. The van der Waals surface area contributed by atoms with Crippen molar-refractivity contribution >= 4 is 17.6 Å². The van der Waals surface area contributed by atoms with Crippen molar-refractivity contribution in [2.24, 2.45) is 0 Å². The molecule has 4 rings (SSSR count). The predicted octanol–water partition coefficient (Wildman–Crippen LogP) is 3.74. The van der Waals surface area contributed by atoms with Gasteiger partial charge < -0.3 is 10.2 Å². The number of hydrogen-bond donors (Lipinski definition) is 1. The van der Waals surface area contributed by atoms with E-state index in [4.69, 9.17) is 0 Å². The van der Waals surface area contributed by atoms with Crippen LogP contribution in [0, 0.1) is 0 Å². The van der Waals surface area contributed by atoms with Crippen LogP contribution in [0.2, 0.25) is 0 Å². The highest BCUT2D eigenvalue weighted by Crippen LogP contribution is 2.25. The minimum Gasteiger partial charge on any atom is -0.343 e. The van der Waals surface area contributed by atoms with Crippen LogP contribution in [0.5, 0.6) is 0 Å². The van der Waals surface area contributed by atoms with Crippen LogP contribution < -0.4 is 5.32 Å². The average molecular weight is 441 g/mol. The second-order valence-electron chi connectivity index (χ2n) is 8.37. The molecule has 3 aromatic rings. The smallest absolute Gasteiger partial charge is 0.245 e. The third kappa shape index (κ3) is 5.75. The molecule has 0 spiro atoms. The van der Waals surface area contributed by atoms with Gasteiger partial charge in [0.1, 0.15) is 11.8 Å². The molecule has 1 heterocycles. The Hall–Kier alpha value is -3.73. The van der Waals surface area contributed by atoms with Gasteiger partial charge in [0.15, 0.2) is 0 Å². The van der Waals surface area contributed by atoms with Gasteiger partial charge in [-0.05, 0) is 16.7 Å². The van der Waals surface area contributed by atoms with Gasteiger partial charge in [0.25, 0.3) is 0 Å². The van der Waals surface area contributed by atoms with Crippen LogP contribution in [0.15, 0.2) is 91.0 Å². The van der Waals surface area contributed by atoms with Gasteiger partial charge >= 0.3 is 0 Å². The summed E-state index contributed by atoms with van der Waals surface area (Å²) in [4.78, 5) is 40.5. The summed E-state index contributed by atoms with van der Waals surface area (Å²) < 4.78 is 0. The Kier molecular flexibility index (Phi) is 7.30. The maximum Gasteiger partial charge on any atom is 0.245 e. The molecular weight excluding hydrogens is 412 g/mol. The van der Waals surface area contributed by atoms with Crippen LogP contribution in [0.25, 0.3) is 0 Å². The molecule has 1 saturated heterocycles. The van der Waals surface area contributed by atoms with Crippen molar-refractivity contribution in [3.05, 3.63) is 108 Å². The number of hydrogen-bond acceptors (Lipinski definition) is 3. The van der Waals surface area contributed by atoms with Crippen LogP contribution >= 0.6 is 0 Å². The van der Waals surface area contributed by atoms with E-state index >= 15 is 0 Å². The van der Waals surface area contributed by atoms with Crippen molar-refractivity contribution in [1.82, 2.24) is 10.2 Å². The largest absolute Gasteiger partial charge is 0.343 e. The van der Waals surface area contributed by atoms with Crippen LogP contribution in [-0.4, -0.2) is 41.6 Å². The number of piperidine rings is 1. The van der Waals surface area contributed by atoms with Gasteiger partial charge in [-0.2, -0.15) is 0 Å². The van der Waals surface area contributed by atoms with Gasteiger partial charge in [-0.15, -0.1) is 0 Å². The van der Waals surface area contributed by atoms with E-state index in [0.29, 0.717) is 32.4 Å². The average Bonchev–Trinajstić information content (AvgIpc) is 2.86. The number of carbonyl (C=O) groups is 3. The van der Waals surface area contributed by atoms with E-state index in [9.17, 15) is 14.4 Å². The van der Waals surface area contributed by atoms with E-state index in [0.717, 1.165) is 16.7 Å². The molecule has 2 amide bonds. The van der Waals surface area contributed by atoms with Crippen LogP contribution in [0.4, 0.5) is 0 Å². The second-order valence-corrected chi connectivity index (χ2v) is 8.37. The number of benzene rings is 3. The van der Waals surface area contributed by atoms with Gasteiger partial charge in [0.2, 0.25) is 11.8 Å². The monoisotopic (exact) mass is 440 g/mol. The zero-order valence-corrected chi connectivity index (χ0v) is 18.5. The van der Waals surface area contributed by atoms with Crippen LogP contribution in [0.1, 0.15) is 35.4 Å². The molecule has 1 fully saturated rings. The van der Waals surface area contributed by atoms with Crippen LogP contribution in [0.3, 0.4) is 0 Å². The first-order chi connectivity index (χ1) is 16.1. The molecule has 33 heavy (non-hydrogen) atoms. The van der Waals surface area contributed by atoms with E-state index in [-0.39, 0.29) is 17.6 Å². The number of Topliss-reactive ketones (excluding diaryl/α,β-unsaturated/α-hetero) is 1. The lowest BCUT2D eigenvalue weighted by molar-refractivity contribution is -0.139. The van der Waals surface area contributed by atoms with Crippen molar-refractivity contribution in [3.8, 4) is 0 Å². The van der Waals surface area contributed by atoms with Crippen molar-refractivity contribution in [1.29, 1.82) is 0 Å². The van der Waals surface area contributed by atoms with E-state index in [1.807, 2.05) is 91.0 Å². The molecular formula is C28H28N2O3. The summed E-state index contributed by atoms with van der Waals surface area (Å²) in [6, 6.07) is 28.2. The third-order valence-electron chi connectivity index (χ3n) is 6.06. The Morgan fingerprint density at radius 2 is 1.24 bits per heavy atom. The molecule has 0 unspecified atom stereocenters. The predicted molar refractivity (Wildman–Crippen MR) is 128 cm³/mol. The summed E-state index contributed by atoms with van der Waals surface area (Å²) in [7, 11) is 0. The maximum absolute atomic E-state index is 13.6. The zero-order chi connectivity index (χ0) is 23.0. The highest BCUT2D eigenvalue weighted by Gasteiger charge is 2.31. The maximum atomic E-state index is 13.6. The number of likely N-dealkylation sites (tertiary alicyclic amines) is 1. The zero-order valence-electron chi connectivity index (χ0n) is 18.5. The molecule has 0 bridgehead atoms. The summed E-state index contributed by atoms with van der Waals surface area (Å²) in [5.74, 6) is -0.702. The molecule has 0 radical (unpaired) electrons. The van der Waals surface area contributed by atoms with E-state index < -0.39 is 12.0 Å². The Morgan fingerprint density at radius 1 is 0.758 bits per heavy atom.